The topological polar surface area (TPSA) is 43.8 Å². The lowest BCUT2D eigenvalue weighted by Crippen LogP contribution is -2.36. The van der Waals surface area contributed by atoms with Crippen molar-refractivity contribution in [1.29, 1.82) is 0 Å². The smallest absolute Gasteiger partial charge is 0.130 e. The van der Waals surface area contributed by atoms with Crippen LogP contribution in [0.3, 0.4) is 0 Å². The monoisotopic (exact) mass is 261 g/mol. The fourth-order valence-electron chi connectivity index (χ4n) is 2.81. The Balaban J connectivity index is 2.20. The number of aromatic nitrogens is 2. The van der Waals surface area contributed by atoms with E-state index in [0.29, 0.717) is 6.04 Å². The number of benzene rings is 1. The number of hydrogen-bond donors (Lipinski definition) is 1. The van der Waals surface area contributed by atoms with E-state index in [1.165, 1.54) is 12.1 Å². The molecule has 0 radical (unpaired) electrons. The molecule has 1 aromatic carbocycles. The lowest BCUT2D eigenvalue weighted by Gasteiger charge is -2.24. The summed E-state index contributed by atoms with van der Waals surface area (Å²) in [6.45, 7) is 4.14. The van der Waals surface area contributed by atoms with Gasteiger partial charge in [-0.25, -0.2) is 9.37 Å². The van der Waals surface area contributed by atoms with E-state index in [2.05, 4.69) is 16.5 Å². The Labute approximate surface area is 112 Å². The molecule has 19 heavy (non-hydrogen) atoms. The van der Waals surface area contributed by atoms with Crippen molar-refractivity contribution in [2.45, 2.75) is 51.1 Å². The van der Waals surface area contributed by atoms with Crippen LogP contribution in [0.25, 0.3) is 11.0 Å². The van der Waals surface area contributed by atoms with E-state index in [9.17, 15) is 4.39 Å². The van der Waals surface area contributed by atoms with E-state index in [-0.39, 0.29) is 5.82 Å². The standard InChI is InChI=1S/C15H20FN3/c1-3-8-15(2,17)14-18-12-9-10(16)4-7-13(12)19(14)11-5-6-11/h4,7,9,11H,3,5-6,8,17H2,1-2H3. The van der Waals surface area contributed by atoms with Crippen molar-refractivity contribution in [2.24, 2.45) is 5.73 Å². The highest BCUT2D eigenvalue weighted by atomic mass is 19.1. The van der Waals surface area contributed by atoms with Crippen molar-refractivity contribution in [3.8, 4) is 0 Å². The van der Waals surface area contributed by atoms with Gasteiger partial charge in [0.05, 0.1) is 16.6 Å². The van der Waals surface area contributed by atoms with Crippen LogP contribution < -0.4 is 5.73 Å². The third-order valence-corrected chi connectivity index (χ3v) is 3.84. The summed E-state index contributed by atoms with van der Waals surface area (Å²) in [7, 11) is 0. The molecule has 1 atom stereocenters. The molecule has 3 rings (SSSR count). The molecule has 1 unspecified atom stereocenters. The first-order valence-electron chi connectivity index (χ1n) is 7.00. The summed E-state index contributed by atoms with van der Waals surface area (Å²) in [5.41, 5.74) is 7.71. The van der Waals surface area contributed by atoms with Crippen molar-refractivity contribution >= 4 is 11.0 Å². The molecule has 1 aromatic heterocycles. The zero-order valence-electron chi connectivity index (χ0n) is 11.5. The lowest BCUT2D eigenvalue weighted by atomic mass is 9.96. The summed E-state index contributed by atoms with van der Waals surface area (Å²) >= 11 is 0. The third-order valence-electron chi connectivity index (χ3n) is 3.84. The van der Waals surface area contributed by atoms with Crippen LogP contribution in [0.1, 0.15) is 51.4 Å². The largest absolute Gasteiger partial charge is 0.323 e. The van der Waals surface area contributed by atoms with Gasteiger partial charge in [0.1, 0.15) is 11.6 Å². The molecule has 1 aliphatic carbocycles. The molecule has 1 saturated carbocycles. The number of hydrogen-bond acceptors (Lipinski definition) is 2. The van der Waals surface area contributed by atoms with Crippen molar-refractivity contribution in [2.75, 3.05) is 0 Å². The van der Waals surface area contributed by atoms with Crippen molar-refractivity contribution in [3.05, 3.63) is 29.8 Å². The maximum Gasteiger partial charge on any atom is 0.130 e. The second-order valence-corrected chi connectivity index (χ2v) is 5.84. The number of nitrogens with zero attached hydrogens (tertiary/aromatic N) is 2. The van der Waals surface area contributed by atoms with Crippen LogP contribution in [0.5, 0.6) is 0 Å². The summed E-state index contributed by atoms with van der Waals surface area (Å²) in [5, 5.41) is 0. The molecule has 1 fully saturated rings. The Morgan fingerprint density at radius 2 is 2.21 bits per heavy atom. The van der Waals surface area contributed by atoms with Gasteiger partial charge in [-0.15, -0.1) is 0 Å². The van der Waals surface area contributed by atoms with Crippen LogP contribution in [-0.4, -0.2) is 9.55 Å². The molecule has 0 spiro atoms. The molecular weight excluding hydrogens is 241 g/mol. The summed E-state index contributed by atoms with van der Waals surface area (Å²) in [6.07, 6.45) is 4.22. The number of fused-ring (bicyclic) bond motifs is 1. The third kappa shape index (κ3) is 2.14. The van der Waals surface area contributed by atoms with Gasteiger partial charge in [-0.3, -0.25) is 0 Å². The average Bonchev–Trinajstić information content (AvgIpc) is 3.09. The molecule has 0 saturated heterocycles. The van der Waals surface area contributed by atoms with Crippen LogP contribution in [0.4, 0.5) is 4.39 Å². The molecule has 0 amide bonds. The van der Waals surface area contributed by atoms with Gasteiger partial charge in [-0.05, 0) is 38.3 Å². The molecule has 4 heteroatoms. The zero-order valence-corrected chi connectivity index (χ0v) is 11.5. The first kappa shape index (κ1) is 12.6. The molecular formula is C15H20FN3. The Morgan fingerprint density at radius 3 is 2.84 bits per heavy atom. The Bertz CT molecular complexity index is 611. The van der Waals surface area contributed by atoms with Gasteiger partial charge in [-0.1, -0.05) is 13.3 Å². The summed E-state index contributed by atoms with van der Waals surface area (Å²) in [6, 6.07) is 5.31. The average molecular weight is 261 g/mol. The van der Waals surface area contributed by atoms with Crippen molar-refractivity contribution < 1.29 is 4.39 Å². The normalized spacial score (nSPS) is 18.7. The highest BCUT2D eigenvalue weighted by molar-refractivity contribution is 5.76. The van der Waals surface area contributed by atoms with E-state index in [0.717, 1.165) is 42.5 Å². The fraction of sp³-hybridized carbons (Fsp3) is 0.533. The van der Waals surface area contributed by atoms with Crippen LogP contribution in [0, 0.1) is 5.82 Å². The first-order valence-corrected chi connectivity index (χ1v) is 7.00. The first-order chi connectivity index (χ1) is 9.03. The number of imidazole rings is 1. The van der Waals surface area contributed by atoms with Gasteiger partial charge in [-0.2, -0.15) is 0 Å². The van der Waals surface area contributed by atoms with Crippen LogP contribution in [-0.2, 0) is 5.54 Å². The van der Waals surface area contributed by atoms with Gasteiger partial charge in [0.25, 0.3) is 0 Å². The number of nitrogens with two attached hydrogens (primary N) is 1. The van der Waals surface area contributed by atoms with E-state index in [1.54, 1.807) is 0 Å². The predicted molar refractivity (Wildman–Crippen MR) is 74.4 cm³/mol. The SMILES string of the molecule is CCCC(C)(N)c1nc2cc(F)ccc2n1C1CC1. The highest BCUT2D eigenvalue weighted by Crippen LogP contribution is 2.41. The van der Waals surface area contributed by atoms with Crippen LogP contribution in [0.2, 0.25) is 0 Å². The maximum absolute atomic E-state index is 13.4. The van der Waals surface area contributed by atoms with Crippen molar-refractivity contribution in [3.63, 3.8) is 0 Å². The minimum atomic E-state index is -0.452. The van der Waals surface area contributed by atoms with E-state index in [4.69, 9.17) is 5.73 Å². The Morgan fingerprint density at radius 1 is 1.47 bits per heavy atom. The number of rotatable bonds is 4. The second-order valence-electron chi connectivity index (χ2n) is 5.84. The van der Waals surface area contributed by atoms with Gasteiger partial charge >= 0.3 is 0 Å². The zero-order chi connectivity index (χ0) is 13.6. The van der Waals surface area contributed by atoms with Crippen molar-refractivity contribution in [1.82, 2.24) is 9.55 Å². The Hall–Kier alpha value is -1.42. The van der Waals surface area contributed by atoms with E-state index < -0.39 is 5.54 Å². The molecule has 1 heterocycles. The van der Waals surface area contributed by atoms with Gasteiger partial charge in [0, 0.05) is 12.1 Å². The van der Waals surface area contributed by atoms with Crippen LogP contribution >= 0.6 is 0 Å². The maximum atomic E-state index is 13.4. The molecule has 0 aliphatic heterocycles. The minimum Gasteiger partial charge on any atom is -0.323 e. The molecule has 1 aliphatic rings. The van der Waals surface area contributed by atoms with Gasteiger partial charge < -0.3 is 10.3 Å². The molecule has 2 N–H and O–H groups in total. The quantitative estimate of drug-likeness (QED) is 0.915. The molecule has 102 valence electrons. The second kappa shape index (κ2) is 4.30. The Kier molecular flexibility index (Phi) is 2.86. The minimum absolute atomic E-state index is 0.242. The lowest BCUT2D eigenvalue weighted by molar-refractivity contribution is 0.402. The molecule has 2 aromatic rings. The van der Waals surface area contributed by atoms with Crippen LogP contribution in [0.15, 0.2) is 18.2 Å². The van der Waals surface area contributed by atoms with E-state index >= 15 is 0 Å². The predicted octanol–water partition coefficient (Wildman–Crippen LogP) is 3.48. The highest BCUT2D eigenvalue weighted by Gasteiger charge is 2.34. The number of halogens is 1. The van der Waals surface area contributed by atoms with E-state index in [1.807, 2.05) is 13.0 Å². The summed E-state index contributed by atoms with van der Waals surface area (Å²) in [5.74, 6) is 0.658. The van der Waals surface area contributed by atoms with Gasteiger partial charge in [0.2, 0.25) is 0 Å². The fourth-order valence-corrected chi connectivity index (χ4v) is 2.81. The summed E-state index contributed by atoms with van der Waals surface area (Å²) < 4.78 is 15.6. The summed E-state index contributed by atoms with van der Waals surface area (Å²) in [4.78, 5) is 4.62. The molecule has 3 nitrogen and oxygen atoms in total. The molecule has 0 bridgehead atoms. The van der Waals surface area contributed by atoms with Gasteiger partial charge in [0.15, 0.2) is 0 Å².